The lowest BCUT2D eigenvalue weighted by Crippen LogP contribution is -2.30. The van der Waals surface area contributed by atoms with Crippen LogP contribution in [0.2, 0.25) is 0 Å². The molecule has 0 aliphatic carbocycles. The highest BCUT2D eigenvalue weighted by Crippen LogP contribution is 2.29. The van der Waals surface area contributed by atoms with E-state index >= 15 is 0 Å². The molecular formula is C22H23FN4O3. The Balaban J connectivity index is 1.39. The second-order valence-corrected chi connectivity index (χ2v) is 7.69. The number of anilines is 1. The molecule has 1 aliphatic heterocycles. The number of benzene rings is 1. The lowest BCUT2D eigenvalue weighted by molar-refractivity contribution is -0.122. The molecule has 4 rings (SSSR count). The topological polar surface area (TPSA) is 81.2 Å². The van der Waals surface area contributed by atoms with Gasteiger partial charge in [-0.2, -0.15) is 5.10 Å². The van der Waals surface area contributed by atoms with Gasteiger partial charge in [-0.1, -0.05) is 17.3 Å². The lowest BCUT2D eigenvalue weighted by Gasteiger charge is -2.12. The van der Waals surface area contributed by atoms with Gasteiger partial charge >= 0.3 is 0 Å². The van der Waals surface area contributed by atoms with E-state index in [1.165, 1.54) is 23.2 Å². The zero-order chi connectivity index (χ0) is 21.3. The van der Waals surface area contributed by atoms with Crippen LogP contribution in [0.3, 0.4) is 0 Å². The van der Waals surface area contributed by atoms with Crippen molar-refractivity contribution in [3.63, 3.8) is 0 Å². The van der Waals surface area contributed by atoms with Crippen molar-refractivity contribution < 1.29 is 18.5 Å². The van der Waals surface area contributed by atoms with Crippen molar-refractivity contribution in [3.05, 3.63) is 65.1 Å². The van der Waals surface area contributed by atoms with E-state index in [9.17, 15) is 14.0 Å². The molecule has 1 fully saturated rings. The van der Waals surface area contributed by atoms with E-state index in [1.54, 1.807) is 16.9 Å². The first-order valence-electron chi connectivity index (χ1n) is 9.98. The molecule has 30 heavy (non-hydrogen) atoms. The average molecular weight is 410 g/mol. The van der Waals surface area contributed by atoms with Crippen molar-refractivity contribution in [1.29, 1.82) is 0 Å². The van der Waals surface area contributed by atoms with Gasteiger partial charge in [0.1, 0.15) is 11.6 Å². The number of amides is 2. The zero-order valence-corrected chi connectivity index (χ0v) is 17.0. The highest BCUT2D eigenvalue weighted by molar-refractivity contribution is 6.20. The summed E-state index contributed by atoms with van der Waals surface area (Å²) in [6.07, 6.45) is 5.39. The van der Waals surface area contributed by atoms with E-state index in [4.69, 9.17) is 4.52 Å². The van der Waals surface area contributed by atoms with Gasteiger partial charge < -0.3 is 4.52 Å². The smallest absolute Gasteiger partial charge is 0.237 e. The lowest BCUT2D eigenvalue weighted by atomic mass is 9.98. The number of halogens is 1. The predicted molar refractivity (Wildman–Crippen MR) is 107 cm³/mol. The van der Waals surface area contributed by atoms with Gasteiger partial charge in [0.25, 0.3) is 0 Å². The van der Waals surface area contributed by atoms with Gasteiger partial charge in [-0.25, -0.2) is 9.29 Å². The molecule has 0 N–H and O–H groups in total. The van der Waals surface area contributed by atoms with Crippen molar-refractivity contribution >= 4 is 17.5 Å². The number of hydrogen-bond acceptors (Lipinski definition) is 5. The first-order valence-corrected chi connectivity index (χ1v) is 9.98. The van der Waals surface area contributed by atoms with Crippen LogP contribution in [0.25, 0.3) is 0 Å². The molecular weight excluding hydrogens is 387 g/mol. The second kappa shape index (κ2) is 8.22. The van der Waals surface area contributed by atoms with Gasteiger partial charge in [0.2, 0.25) is 11.8 Å². The third-order valence-corrected chi connectivity index (χ3v) is 5.53. The standard InChI is InChI=1S/C22H23FN4O3/c1-14-20(15(2)30-25-14)13-26-12-19(11-24-26)27-21(28)10-17(22(27)29)7-3-5-16-6-4-8-18(23)9-16/h4,6,8-9,11-12,17H,3,5,7,10,13H2,1-2H3. The van der Waals surface area contributed by atoms with Crippen LogP contribution in [0.15, 0.2) is 41.2 Å². The second-order valence-electron chi connectivity index (χ2n) is 7.69. The minimum absolute atomic E-state index is 0.191. The fourth-order valence-electron chi connectivity index (χ4n) is 3.88. The molecule has 0 radical (unpaired) electrons. The van der Waals surface area contributed by atoms with Crippen LogP contribution in [-0.4, -0.2) is 26.8 Å². The Bertz CT molecular complexity index is 1070. The van der Waals surface area contributed by atoms with Gasteiger partial charge in [-0.05, 0) is 50.8 Å². The number of rotatable bonds is 7. The van der Waals surface area contributed by atoms with Gasteiger partial charge in [-0.3, -0.25) is 14.3 Å². The number of hydrogen-bond donors (Lipinski definition) is 0. The normalized spacial score (nSPS) is 16.6. The number of aromatic nitrogens is 3. The van der Waals surface area contributed by atoms with Crippen molar-refractivity contribution in [2.24, 2.45) is 5.92 Å². The predicted octanol–water partition coefficient (Wildman–Crippen LogP) is 3.58. The Morgan fingerprint density at radius 1 is 1.27 bits per heavy atom. The van der Waals surface area contributed by atoms with Crippen molar-refractivity contribution in [2.45, 2.75) is 46.1 Å². The minimum Gasteiger partial charge on any atom is -0.361 e. The van der Waals surface area contributed by atoms with Gasteiger partial charge in [0.15, 0.2) is 0 Å². The summed E-state index contributed by atoms with van der Waals surface area (Å²) in [6, 6.07) is 6.45. The van der Waals surface area contributed by atoms with Crippen LogP contribution in [-0.2, 0) is 22.6 Å². The Kier molecular flexibility index (Phi) is 5.48. The summed E-state index contributed by atoms with van der Waals surface area (Å²) in [5.41, 5.74) is 3.09. The molecule has 7 nitrogen and oxygen atoms in total. The number of carbonyl (C=O) groups is 2. The van der Waals surface area contributed by atoms with E-state index < -0.39 is 0 Å². The summed E-state index contributed by atoms with van der Waals surface area (Å²) in [4.78, 5) is 26.6. The number of carbonyl (C=O) groups excluding carboxylic acids is 2. The summed E-state index contributed by atoms with van der Waals surface area (Å²) in [5.74, 6) is -0.309. The highest BCUT2D eigenvalue weighted by atomic mass is 19.1. The molecule has 1 unspecified atom stereocenters. The van der Waals surface area contributed by atoms with Crippen molar-refractivity contribution in [2.75, 3.05) is 4.90 Å². The maximum absolute atomic E-state index is 13.3. The zero-order valence-electron chi connectivity index (χ0n) is 17.0. The quantitative estimate of drug-likeness (QED) is 0.556. The summed E-state index contributed by atoms with van der Waals surface area (Å²) in [6.45, 7) is 4.15. The van der Waals surface area contributed by atoms with Crippen molar-refractivity contribution in [3.8, 4) is 0 Å². The van der Waals surface area contributed by atoms with Crippen LogP contribution < -0.4 is 4.90 Å². The minimum atomic E-state index is -0.350. The van der Waals surface area contributed by atoms with E-state index in [-0.39, 0.29) is 30.0 Å². The summed E-state index contributed by atoms with van der Waals surface area (Å²) in [7, 11) is 0. The Morgan fingerprint density at radius 3 is 2.83 bits per heavy atom. The summed E-state index contributed by atoms with van der Waals surface area (Å²) >= 11 is 0. The maximum atomic E-state index is 13.3. The number of imide groups is 1. The molecule has 1 saturated heterocycles. The fraction of sp³-hybridized carbons (Fsp3) is 0.364. The molecule has 0 saturated carbocycles. The van der Waals surface area contributed by atoms with Crippen LogP contribution in [0.1, 0.15) is 41.8 Å². The number of nitrogens with zero attached hydrogens (tertiary/aromatic N) is 4. The maximum Gasteiger partial charge on any atom is 0.237 e. The van der Waals surface area contributed by atoms with E-state index in [0.29, 0.717) is 31.5 Å². The van der Waals surface area contributed by atoms with Gasteiger partial charge in [0, 0.05) is 24.1 Å². The first-order chi connectivity index (χ1) is 14.4. The molecule has 1 aromatic carbocycles. The Morgan fingerprint density at radius 2 is 2.10 bits per heavy atom. The first kappa shape index (κ1) is 20.0. The van der Waals surface area contributed by atoms with Gasteiger partial charge in [0.05, 0.1) is 24.1 Å². The Labute approximate surface area is 173 Å². The molecule has 2 amide bonds. The van der Waals surface area contributed by atoms with Crippen LogP contribution >= 0.6 is 0 Å². The molecule has 3 aromatic rings. The molecule has 0 spiro atoms. The van der Waals surface area contributed by atoms with Gasteiger partial charge in [-0.15, -0.1) is 0 Å². The summed E-state index contributed by atoms with van der Waals surface area (Å²) < 4.78 is 20.1. The monoisotopic (exact) mass is 410 g/mol. The SMILES string of the molecule is Cc1noc(C)c1Cn1cc(N2C(=O)CC(CCCc3cccc(F)c3)C2=O)cn1. The van der Waals surface area contributed by atoms with Crippen LogP contribution in [0.4, 0.5) is 10.1 Å². The van der Waals surface area contributed by atoms with E-state index in [2.05, 4.69) is 10.3 Å². The molecule has 156 valence electrons. The fourth-order valence-corrected chi connectivity index (χ4v) is 3.88. The van der Waals surface area contributed by atoms with Crippen LogP contribution in [0.5, 0.6) is 0 Å². The van der Waals surface area contributed by atoms with Crippen LogP contribution in [0, 0.1) is 25.6 Å². The average Bonchev–Trinajstić information content (AvgIpc) is 3.36. The van der Waals surface area contributed by atoms with E-state index in [1.807, 2.05) is 19.9 Å². The largest absolute Gasteiger partial charge is 0.361 e. The van der Waals surface area contributed by atoms with Crippen molar-refractivity contribution in [1.82, 2.24) is 14.9 Å². The molecule has 0 bridgehead atoms. The summed E-state index contributed by atoms with van der Waals surface area (Å²) in [5, 5.41) is 8.22. The third-order valence-electron chi connectivity index (χ3n) is 5.53. The molecule has 3 heterocycles. The Hall–Kier alpha value is -3.29. The molecule has 1 atom stereocenters. The molecule has 2 aromatic heterocycles. The highest BCUT2D eigenvalue weighted by Gasteiger charge is 2.39. The third kappa shape index (κ3) is 4.03. The number of aryl methyl sites for hydroxylation is 3. The molecule has 8 heteroatoms. The molecule has 1 aliphatic rings. The van der Waals surface area contributed by atoms with E-state index in [0.717, 1.165) is 22.6 Å².